The van der Waals surface area contributed by atoms with Crippen molar-refractivity contribution in [1.29, 1.82) is 0 Å². The Hall–Kier alpha value is -7.40. The van der Waals surface area contributed by atoms with Crippen LogP contribution >= 0.6 is 0 Å². The van der Waals surface area contributed by atoms with E-state index >= 15 is 0 Å². The number of rotatable bonds is 8. The molecule has 0 amide bonds. The van der Waals surface area contributed by atoms with Crippen molar-refractivity contribution in [3.05, 3.63) is 257 Å². The molecule has 4 atom stereocenters. The molecule has 64 heavy (non-hydrogen) atoms. The first-order chi connectivity index (χ1) is 31.7. The van der Waals surface area contributed by atoms with Crippen molar-refractivity contribution >= 4 is 11.4 Å². The molecule has 2 heterocycles. The average molecular weight is 828 g/mol. The Morgan fingerprint density at radius 2 is 1.16 bits per heavy atom. The highest BCUT2D eigenvalue weighted by Crippen LogP contribution is 2.59. The number of ether oxygens (including phenoxy) is 1. The molecule has 0 saturated heterocycles. The lowest BCUT2D eigenvalue weighted by atomic mass is 9.67. The highest BCUT2D eigenvalue weighted by Gasteiger charge is 2.47. The van der Waals surface area contributed by atoms with E-state index in [0.717, 1.165) is 42.8 Å². The van der Waals surface area contributed by atoms with Gasteiger partial charge >= 0.3 is 0 Å². The van der Waals surface area contributed by atoms with Gasteiger partial charge in [0, 0.05) is 11.3 Å². The van der Waals surface area contributed by atoms with Gasteiger partial charge in [-0.2, -0.15) is 0 Å². The number of hydrogen-bond acceptors (Lipinski definition) is 4. The van der Waals surface area contributed by atoms with Gasteiger partial charge in [-0.05, 0) is 116 Å². The first-order valence-corrected chi connectivity index (χ1v) is 22.8. The lowest BCUT2D eigenvalue weighted by Gasteiger charge is -2.34. The zero-order valence-corrected chi connectivity index (χ0v) is 35.7. The predicted molar refractivity (Wildman–Crippen MR) is 263 cm³/mol. The molecule has 5 aliphatic rings. The van der Waals surface area contributed by atoms with Gasteiger partial charge in [-0.3, -0.25) is 5.32 Å². The van der Waals surface area contributed by atoms with E-state index in [1.54, 1.807) is 0 Å². The summed E-state index contributed by atoms with van der Waals surface area (Å²) in [5.74, 6) is 0.889. The molecule has 3 aliphatic carbocycles. The first kappa shape index (κ1) is 38.3. The summed E-state index contributed by atoms with van der Waals surface area (Å²) >= 11 is 0. The van der Waals surface area contributed by atoms with Gasteiger partial charge in [0.25, 0.3) is 0 Å². The molecule has 0 spiro atoms. The molecule has 7 aromatic carbocycles. The summed E-state index contributed by atoms with van der Waals surface area (Å²) in [6.07, 6.45) is 20.1. The SMILES string of the molecule is C1=CC(C2C=C(c3ccc(-c4ccccc4)cc3)NC(c3ccc(-c4cccc5c4-c4ccccc4C5(c4ccccc4)c4ccc5c(c4)OC(C4=CCCC=C4)N5)cc3)N2)=CCC1. The molecule has 4 nitrogen and oxygen atoms in total. The number of fused-ring (bicyclic) bond motifs is 4. The molecule has 3 N–H and O–H groups in total. The van der Waals surface area contributed by atoms with Crippen molar-refractivity contribution < 1.29 is 4.74 Å². The molecule has 4 unspecified atom stereocenters. The highest BCUT2D eigenvalue weighted by molar-refractivity contribution is 5.95. The first-order valence-electron chi connectivity index (χ1n) is 22.8. The minimum Gasteiger partial charge on any atom is -0.464 e. The molecule has 0 aromatic heterocycles. The zero-order chi connectivity index (χ0) is 42.5. The van der Waals surface area contributed by atoms with Crippen LogP contribution in [0.1, 0.15) is 65.2 Å². The summed E-state index contributed by atoms with van der Waals surface area (Å²) in [5, 5.41) is 11.5. The lowest BCUT2D eigenvalue weighted by molar-refractivity contribution is 0.292. The Morgan fingerprint density at radius 3 is 1.92 bits per heavy atom. The molecular formula is C60H49N3O. The van der Waals surface area contributed by atoms with Gasteiger partial charge in [0.05, 0.1) is 17.1 Å². The van der Waals surface area contributed by atoms with Crippen LogP contribution in [0.2, 0.25) is 0 Å². The molecule has 0 saturated carbocycles. The molecule has 0 bridgehead atoms. The summed E-state index contributed by atoms with van der Waals surface area (Å²) in [4.78, 5) is 0. The number of anilines is 1. The fraction of sp³-hybridized carbons (Fsp3) is 0.133. The van der Waals surface area contributed by atoms with E-state index in [4.69, 9.17) is 4.74 Å². The second kappa shape index (κ2) is 16.1. The van der Waals surface area contributed by atoms with E-state index in [2.05, 4.69) is 228 Å². The number of benzene rings is 7. The fourth-order valence-corrected chi connectivity index (χ4v) is 10.7. The number of allylic oxidation sites excluding steroid dienone is 4. The Bertz CT molecular complexity index is 3050. The van der Waals surface area contributed by atoms with Crippen LogP contribution in [-0.4, -0.2) is 12.3 Å². The fourth-order valence-electron chi connectivity index (χ4n) is 10.7. The molecule has 4 heteroatoms. The summed E-state index contributed by atoms with van der Waals surface area (Å²) < 4.78 is 6.70. The van der Waals surface area contributed by atoms with E-state index in [0.29, 0.717) is 0 Å². The molecule has 12 rings (SSSR count). The quantitative estimate of drug-likeness (QED) is 0.143. The van der Waals surface area contributed by atoms with Gasteiger partial charge in [0.2, 0.25) is 0 Å². The Balaban J connectivity index is 0.915. The zero-order valence-electron chi connectivity index (χ0n) is 35.7. The van der Waals surface area contributed by atoms with E-state index in [9.17, 15) is 0 Å². The standard InChI is InChI=1S/C60H49N3O/c1-5-16-40(17-6-1)41-28-32-44(33-29-41)55-39-54(43-18-7-2-8-19-43)61-58(62-55)45-34-30-42(31-35-45)49-25-15-27-52-57(49)50-24-13-14-26-51(50)60(52,47-22-11-4-12-23-47)48-36-37-53-56(38-48)64-59(63-53)46-20-9-3-10-21-46/h1,4-7,9,11-39,54,58-59,61-63H,2-3,8,10H2. The van der Waals surface area contributed by atoms with Crippen LogP contribution < -0.4 is 20.7 Å². The molecule has 0 radical (unpaired) electrons. The van der Waals surface area contributed by atoms with Crippen LogP contribution in [0.3, 0.4) is 0 Å². The van der Waals surface area contributed by atoms with Crippen molar-refractivity contribution in [1.82, 2.24) is 10.6 Å². The van der Waals surface area contributed by atoms with Gasteiger partial charge in [0.1, 0.15) is 11.9 Å². The van der Waals surface area contributed by atoms with Crippen LogP contribution in [0.5, 0.6) is 5.75 Å². The molecule has 7 aromatic rings. The van der Waals surface area contributed by atoms with Crippen molar-refractivity contribution in [2.24, 2.45) is 0 Å². The van der Waals surface area contributed by atoms with Crippen LogP contribution in [0.15, 0.2) is 224 Å². The summed E-state index contributed by atoms with van der Waals surface area (Å²) in [6, 6.07) is 62.6. The summed E-state index contributed by atoms with van der Waals surface area (Å²) in [5.41, 5.74) is 18.9. The van der Waals surface area contributed by atoms with Crippen molar-refractivity contribution in [2.75, 3.05) is 5.32 Å². The van der Waals surface area contributed by atoms with E-state index in [-0.39, 0.29) is 18.4 Å². The molecule has 0 fully saturated rings. The van der Waals surface area contributed by atoms with Gasteiger partial charge in [-0.15, -0.1) is 0 Å². The van der Waals surface area contributed by atoms with Crippen LogP contribution in [-0.2, 0) is 5.41 Å². The highest BCUT2D eigenvalue weighted by atomic mass is 16.5. The van der Waals surface area contributed by atoms with E-state index < -0.39 is 5.41 Å². The molecule has 2 aliphatic heterocycles. The largest absolute Gasteiger partial charge is 0.464 e. The van der Waals surface area contributed by atoms with Gasteiger partial charge < -0.3 is 15.4 Å². The van der Waals surface area contributed by atoms with E-state index in [1.807, 2.05) is 0 Å². The Morgan fingerprint density at radius 1 is 0.500 bits per heavy atom. The average Bonchev–Trinajstić information content (AvgIpc) is 3.95. The van der Waals surface area contributed by atoms with Gasteiger partial charge in [-0.25, -0.2) is 0 Å². The third-order valence-electron chi connectivity index (χ3n) is 13.8. The summed E-state index contributed by atoms with van der Waals surface area (Å²) in [6.45, 7) is 0. The molecular weight excluding hydrogens is 779 g/mol. The maximum absolute atomic E-state index is 6.70. The van der Waals surface area contributed by atoms with Crippen molar-refractivity contribution in [2.45, 2.75) is 49.5 Å². The Labute approximate surface area is 376 Å². The van der Waals surface area contributed by atoms with Crippen molar-refractivity contribution in [3.63, 3.8) is 0 Å². The molecule has 310 valence electrons. The third-order valence-corrected chi connectivity index (χ3v) is 13.8. The maximum Gasteiger partial charge on any atom is 0.196 e. The monoisotopic (exact) mass is 827 g/mol. The van der Waals surface area contributed by atoms with Crippen molar-refractivity contribution in [3.8, 4) is 39.1 Å². The smallest absolute Gasteiger partial charge is 0.196 e. The van der Waals surface area contributed by atoms with Crippen LogP contribution in [0, 0.1) is 0 Å². The van der Waals surface area contributed by atoms with Gasteiger partial charge in [-0.1, -0.05) is 194 Å². The number of hydrogen-bond donors (Lipinski definition) is 3. The topological polar surface area (TPSA) is 45.3 Å². The van der Waals surface area contributed by atoms with Gasteiger partial charge in [0.15, 0.2) is 6.23 Å². The van der Waals surface area contributed by atoms with Crippen LogP contribution in [0.4, 0.5) is 5.69 Å². The third kappa shape index (κ3) is 6.56. The minimum absolute atomic E-state index is 0.0822. The summed E-state index contributed by atoms with van der Waals surface area (Å²) in [7, 11) is 0. The lowest BCUT2D eigenvalue weighted by Crippen LogP contribution is -2.44. The maximum atomic E-state index is 6.70. The Kier molecular flexibility index (Phi) is 9.61. The second-order valence-corrected chi connectivity index (χ2v) is 17.5. The van der Waals surface area contributed by atoms with Crippen LogP contribution in [0.25, 0.3) is 39.1 Å². The number of nitrogens with one attached hydrogen (secondary N) is 3. The predicted octanol–water partition coefficient (Wildman–Crippen LogP) is 13.7. The van der Waals surface area contributed by atoms with E-state index in [1.165, 1.54) is 77.9 Å². The normalized spacial score (nSPS) is 21.6. The second-order valence-electron chi connectivity index (χ2n) is 17.5. The minimum atomic E-state index is -0.557.